The number of amides is 1. The van der Waals surface area contributed by atoms with Crippen LogP contribution in [0, 0.1) is 0 Å². The average Bonchev–Trinajstić information content (AvgIpc) is 3.20. The molecule has 0 radical (unpaired) electrons. The molecule has 1 aromatic carbocycles. The lowest BCUT2D eigenvalue weighted by atomic mass is 9.93. The van der Waals surface area contributed by atoms with Crippen molar-refractivity contribution in [1.82, 2.24) is 10.2 Å². The van der Waals surface area contributed by atoms with Gasteiger partial charge in [-0.3, -0.25) is 4.79 Å². The van der Waals surface area contributed by atoms with E-state index in [0.29, 0.717) is 11.3 Å². The monoisotopic (exact) mass is 455 g/mol. The zero-order valence-electron chi connectivity index (χ0n) is 18.7. The van der Waals surface area contributed by atoms with Crippen LogP contribution < -0.4 is 10.1 Å². The predicted molar refractivity (Wildman–Crippen MR) is 125 cm³/mol. The van der Waals surface area contributed by atoms with Crippen molar-refractivity contribution in [3.8, 4) is 5.75 Å². The quantitative estimate of drug-likeness (QED) is 0.645. The Morgan fingerprint density at radius 1 is 1.16 bits per heavy atom. The molecule has 170 valence electrons. The summed E-state index contributed by atoms with van der Waals surface area (Å²) in [5, 5.41) is 5.91. The van der Waals surface area contributed by atoms with Crippen LogP contribution in [-0.4, -0.2) is 42.2 Å². The number of hydrogen-bond acceptors (Lipinski definition) is 7. The first kappa shape index (κ1) is 22.5. The van der Waals surface area contributed by atoms with Gasteiger partial charge in [0.15, 0.2) is 5.17 Å². The lowest BCUT2D eigenvalue weighted by Gasteiger charge is -2.36. The van der Waals surface area contributed by atoms with Crippen LogP contribution in [0.1, 0.15) is 57.1 Å². The van der Waals surface area contributed by atoms with Crippen LogP contribution in [0.5, 0.6) is 5.75 Å². The van der Waals surface area contributed by atoms with Gasteiger partial charge in [-0.25, -0.2) is 9.79 Å². The van der Waals surface area contributed by atoms with Crippen LogP contribution in [0.15, 0.2) is 51.6 Å². The molecule has 0 unspecified atom stereocenters. The number of ether oxygens (including phenoxy) is 2. The summed E-state index contributed by atoms with van der Waals surface area (Å²) in [5.41, 5.74) is 2.83. The maximum atomic E-state index is 12.9. The van der Waals surface area contributed by atoms with Gasteiger partial charge < -0.3 is 19.7 Å². The van der Waals surface area contributed by atoms with Crippen LogP contribution in [0.2, 0.25) is 0 Å². The van der Waals surface area contributed by atoms with Crippen molar-refractivity contribution in [3.63, 3.8) is 0 Å². The molecule has 1 amide bonds. The van der Waals surface area contributed by atoms with Crippen molar-refractivity contribution in [1.29, 1.82) is 0 Å². The average molecular weight is 456 g/mol. The lowest BCUT2D eigenvalue weighted by Crippen LogP contribution is -2.40. The molecule has 7 nitrogen and oxygen atoms in total. The van der Waals surface area contributed by atoms with Gasteiger partial charge >= 0.3 is 5.97 Å². The number of allylic oxidation sites excluding steroid dienone is 1. The summed E-state index contributed by atoms with van der Waals surface area (Å²) < 4.78 is 10.4. The molecular weight excluding hydrogens is 426 g/mol. The summed E-state index contributed by atoms with van der Waals surface area (Å²) in [4.78, 5) is 32.3. The molecule has 8 heteroatoms. The molecular formula is C24H29N3O4S. The number of aliphatic imine (C=N–C) groups is 1. The number of carbonyl (C=O) groups excluding carboxylic acids is 2. The second kappa shape index (κ2) is 9.81. The number of fused-ring (bicyclic) bond motifs is 1. The number of hydrogen-bond donors (Lipinski definition) is 1. The molecule has 1 aromatic rings. The molecule has 32 heavy (non-hydrogen) atoms. The maximum Gasteiger partial charge on any atom is 0.338 e. The third-order valence-corrected chi connectivity index (χ3v) is 7.04. The molecule has 1 fully saturated rings. The van der Waals surface area contributed by atoms with Gasteiger partial charge in [-0.1, -0.05) is 43.2 Å². The Hall–Kier alpha value is -2.74. The number of rotatable bonds is 6. The van der Waals surface area contributed by atoms with Crippen molar-refractivity contribution in [2.45, 2.75) is 57.5 Å². The van der Waals surface area contributed by atoms with E-state index in [1.54, 1.807) is 7.11 Å². The molecule has 0 saturated heterocycles. The van der Waals surface area contributed by atoms with E-state index < -0.39 is 12.0 Å². The minimum Gasteiger partial charge on any atom is -0.497 e. The van der Waals surface area contributed by atoms with Gasteiger partial charge in [0.2, 0.25) is 5.91 Å². The van der Waals surface area contributed by atoms with E-state index in [4.69, 9.17) is 9.47 Å². The Morgan fingerprint density at radius 2 is 1.88 bits per heavy atom. The SMILES string of the molecule is COC(=O)C1=C(C)N=C2SC=C(CC(=O)NC3CCCCC3)N2[C@@H]1c1ccc(OC)cc1. The highest BCUT2D eigenvalue weighted by Gasteiger charge is 2.41. The van der Waals surface area contributed by atoms with E-state index in [1.807, 2.05) is 41.5 Å². The van der Waals surface area contributed by atoms with Crippen LogP contribution in [0.25, 0.3) is 0 Å². The van der Waals surface area contributed by atoms with E-state index in [-0.39, 0.29) is 18.4 Å². The van der Waals surface area contributed by atoms with Gasteiger partial charge in [0.1, 0.15) is 5.75 Å². The van der Waals surface area contributed by atoms with Crippen molar-refractivity contribution < 1.29 is 19.1 Å². The summed E-state index contributed by atoms with van der Waals surface area (Å²) in [7, 11) is 2.99. The van der Waals surface area contributed by atoms with E-state index in [0.717, 1.165) is 35.0 Å². The number of methoxy groups -OCH3 is 2. The first-order valence-electron chi connectivity index (χ1n) is 11.0. The summed E-state index contributed by atoms with van der Waals surface area (Å²) >= 11 is 1.48. The number of benzene rings is 1. The van der Waals surface area contributed by atoms with Crippen LogP contribution in [-0.2, 0) is 14.3 Å². The molecule has 0 aromatic heterocycles. The molecule has 2 heterocycles. The highest BCUT2D eigenvalue weighted by molar-refractivity contribution is 8.16. The Bertz CT molecular complexity index is 977. The standard InChI is InChI=1S/C24H29N3O4S/c1-15-21(23(29)31-3)22(16-9-11-19(30-2)12-10-16)27-18(14-32-24(27)25-15)13-20(28)26-17-7-5-4-6-8-17/h9-12,14,17,22H,4-8,13H2,1-3H3,(H,26,28)/t22-/m1/s1. The first-order chi connectivity index (χ1) is 15.5. The number of nitrogens with one attached hydrogen (secondary N) is 1. The molecule has 0 bridgehead atoms. The van der Waals surface area contributed by atoms with E-state index in [2.05, 4.69) is 10.3 Å². The van der Waals surface area contributed by atoms with Gasteiger partial charge in [-0.15, -0.1) is 0 Å². The maximum absolute atomic E-state index is 12.9. The van der Waals surface area contributed by atoms with Gasteiger partial charge in [0.25, 0.3) is 0 Å². The lowest BCUT2D eigenvalue weighted by molar-refractivity contribution is -0.136. The third-order valence-electron chi connectivity index (χ3n) is 6.15. The number of esters is 1. The zero-order chi connectivity index (χ0) is 22.7. The summed E-state index contributed by atoms with van der Waals surface area (Å²) in [5.74, 6) is 0.315. The third kappa shape index (κ3) is 4.55. The number of nitrogens with zero attached hydrogens (tertiary/aromatic N) is 2. The minimum atomic E-state index is -0.426. The number of amidine groups is 1. The molecule has 4 rings (SSSR count). The Kier molecular flexibility index (Phi) is 6.89. The van der Waals surface area contributed by atoms with Gasteiger partial charge in [-0.2, -0.15) is 0 Å². The van der Waals surface area contributed by atoms with E-state index in [9.17, 15) is 9.59 Å². The molecule has 0 spiro atoms. The first-order valence-corrected chi connectivity index (χ1v) is 11.9. The van der Waals surface area contributed by atoms with Crippen LogP contribution in [0.4, 0.5) is 0 Å². The van der Waals surface area contributed by atoms with E-state index in [1.165, 1.54) is 38.1 Å². The highest BCUT2D eigenvalue weighted by atomic mass is 32.2. The molecule has 3 aliphatic rings. The van der Waals surface area contributed by atoms with Crippen molar-refractivity contribution >= 4 is 28.8 Å². The molecule has 1 aliphatic carbocycles. The fraction of sp³-hybridized carbons (Fsp3) is 0.458. The topological polar surface area (TPSA) is 80.2 Å². The second-order valence-corrected chi connectivity index (χ2v) is 9.07. The molecule has 1 atom stereocenters. The molecule has 1 saturated carbocycles. The Labute approximate surface area is 192 Å². The Morgan fingerprint density at radius 3 is 2.53 bits per heavy atom. The van der Waals surface area contributed by atoms with Crippen molar-refractivity contribution in [3.05, 3.63) is 52.2 Å². The summed E-state index contributed by atoms with van der Waals surface area (Å²) in [6, 6.07) is 7.44. The molecule has 2 aliphatic heterocycles. The minimum absolute atomic E-state index is 0.00405. The van der Waals surface area contributed by atoms with E-state index >= 15 is 0 Å². The van der Waals surface area contributed by atoms with Gasteiger partial charge in [0.05, 0.1) is 38.0 Å². The fourth-order valence-electron chi connectivity index (χ4n) is 4.53. The van der Waals surface area contributed by atoms with Crippen LogP contribution in [0.3, 0.4) is 0 Å². The van der Waals surface area contributed by atoms with Crippen molar-refractivity contribution in [2.75, 3.05) is 14.2 Å². The number of carbonyl (C=O) groups is 2. The predicted octanol–water partition coefficient (Wildman–Crippen LogP) is 4.28. The van der Waals surface area contributed by atoms with Crippen molar-refractivity contribution in [2.24, 2.45) is 4.99 Å². The molecule has 1 N–H and O–H groups in total. The smallest absolute Gasteiger partial charge is 0.338 e. The van der Waals surface area contributed by atoms with Crippen LogP contribution >= 0.6 is 11.8 Å². The van der Waals surface area contributed by atoms with Gasteiger partial charge in [-0.05, 0) is 42.9 Å². The second-order valence-electron chi connectivity index (χ2n) is 8.24. The summed E-state index contributed by atoms with van der Waals surface area (Å²) in [6.45, 7) is 1.82. The normalized spacial score (nSPS) is 21.0. The fourth-order valence-corrected chi connectivity index (χ4v) is 5.50. The zero-order valence-corrected chi connectivity index (χ0v) is 19.5. The Balaban J connectivity index is 1.62. The summed E-state index contributed by atoms with van der Waals surface area (Å²) in [6.07, 6.45) is 5.89. The number of thioether (sulfide) groups is 1. The largest absolute Gasteiger partial charge is 0.497 e. The van der Waals surface area contributed by atoms with Gasteiger partial charge in [0, 0.05) is 11.7 Å². The highest BCUT2D eigenvalue weighted by Crippen LogP contribution is 2.45.